The highest BCUT2D eigenvalue weighted by molar-refractivity contribution is 9.10. The van der Waals surface area contributed by atoms with E-state index < -0.39 is 0 Å². The van der Waals surface area contributed by atoms with E-state index in [1.54, 1.807) is 0 Å². The van der Waals surface area contributed by atoms with Crippen LogP contribution in [0, 0.1) is 0 Å². The van der Waals surface area contributed by atoms with Crippen molar-refractivity contribution in [3.63, 3.8) is 0 Å². The molecule has 0 fully saturated rings. The molecule has 0 aliphatic rings. The molecule has 0 bridgehead atoms. The highest BCUT2D eigenvalue weighted by Gasteiger charge is 2.18. The van der Waals surface area contributed by atoms with Crippen LogP contribution in [0.25, 0.3) is 0 Å². The van der Waals surface area contributed by atoms with Crippen LogP contribution in [0.2, 0.25) is 5.02 Å². The lowest BCUT2D eigenvalue weighted by molar-refractivity contribution is 0.594. The van der Waals surface area contributed by atoms with Gasteiger partial charge in [-0.05, 0) is 37.6 Å². The van der Waals surface area contributed by atoms with E-state index in [0.717, 1.165) is 29.0 Å². The molecule has 20 heavy (non-hydrogen) atoms. The van der Waals surface area contributed by atoms with Crippen LogP contribution in [0.5, 0.6) is 0 Å². The zero-order valence-corrected chi connectivity index (χ0v) is 14.1. The van der Waals surface area contributed by atoms with E-state index in [0.29, 0.717) is 0 Å². The van der Waals surface area contributed by atoms with Crippen molar-refractivity contribution in [2.24, 2.45) is 0 Å². The average molecular weight is 357 g/mol. The predicted molar refractivity (Wildman–Crippen MR) is 87.2 cm³/mol. The molecule has 1 heterocycles. The normalized spacial score (nSPS) is 12.6. The first-order valence-corrected chi connectivity index (χ1v) is 8.03. The molecule has 1 N–H and O–H groups in total. The Labute approximate surface area is 133 Å². The van der Waals surface area contributed by atoms with Gasteiger partial charge in [-0.2, -0.15) is 5.10 Å². The lowest BCUT2D eigenvalue weighted by Gasteiger charge is -2.19. The summed E-state index contributed by atoms with van der Waals surface area (Å²) in [6.45, 7) is 6.08. The second kappa shape index (κ2) is 7.25. The van der Waals surface area contributed by atoms with Gasteiger partial charge in [-0.25, -0.2) is 0 Å². The monoisotopic (exact) mass is 355 g/mol. The Bertz CT molecular complexity index is 568. The van der Waals surface area contributed by atoms with Gasteiger partial charge in [0.05, 0.1) is 12.2 Å². The molecule has 1 aromatic carbocycles. The summed E-state index contributed by atoms with van der Waals surface area (Å²) in [6.07, 6.45) is 5.11. The summed E-state index contributed by atoms with van der Waals surface area (Å²) in [7, 11) is 0. The standard InChI is InChI=1S/C15H19BrClN3/c1-3-7-18-15(11-9-19-20(4-2)10-11)13-6-5-12(17)8-14(13)16/h5-6,8-10,15,18H,3-4,7H2,1-2H3. The summed E-state index contributed by atoms with van der Waals surface area (Å²) in [5.74, 6) is 0. The minimum Gasteiger partial charge on any atom is -0.306 e. The molecule has 5 heteroatoms. The van der Waals surface area contributed by atoms with E-state index in [4.69, 9.17) is 11.6 Å². The van der Waals surface area contributed by atoms with Gasteiger partial charge in [-0.3, -0.25) is 4.68 Å². The number of nitrogens with zero attached hydrogens (tertiary/aromatic N) is 2. The van der Waals surface area contributed by atoms with Crippen molar-refractivity contribution in [2.45, 2.75) is 32.9 Å². The van der Waals surface area contributed by atoms with Gasteiger partial charge >= 0.3 is 0 Å². The summed E-state index contributed by atoms with van der Waals surface area (Å²) in [5.41, 5.74) is 2.35. The number of hydrogen-bond donors (Lipinski definition) is 1. The van der Waals surface area contributed by atoms with Gasteiger partial charge in [0.15, 0.2) is 0 Å². The lowest BCUT2D eigenvalue weighted by Crippen LogP contribution is -2.23. The van der Waals surface area contributed by atoms with Gasteiger partial charge in [-0.15, -0.1) is 0 Å². The van der Waals surface area contributed by atoms with Gasteiger partial charge < -0.3 is 5.32 Å². The summed E-state index contributed by atoms with van der Waals surface area (Å²) in [6, 6.07) is 6.04. The van der Waals surface area contributed by atoms with Crippen molar-refractivity contribution in [2.75, 3.05) is 6.54 Å². The fraction of sp³-hybridized carbons (Fsp3) is 0.400. The third kappa shape index (κ3) is 3.62. The fourth-order valence-electron chi connectivity index (χ4n) is 2.13. The number of rotatable bonds is 6. The van der Waals surface area contributed by atoms with Crippen LogP contribution in [0.4, 0.5) is 0 Å². The number of aryl methyl sites for hydroxylation is 1. The molecule has 0 spiro atoms. The molecular formula is C15H19BrClN3. The number of halogens is 2. The molecule has 1 atom stereocenters. The van der Waals surface area contributed by atoms with E-state index in [-0.39, 0.29) is 6.04 Å². The Morgan fingerprint density at radius 3 is 2.80 bits per heavy atom. The van der Waals surface area contributed by atoms with Gasteiger partial charge in [0.2, 0.25) is 0 Å². The van der Waals surface area contributed by atoms with Gasteiger partial charge in [0.1, 0.15) is 0 Å². The highest BCUT2D eigenvalue weighted by atomic mass is 79.9. The van der Waals surface area contributed by atoms with Crippen LogP contribution in [0.3, 0.4) is 0 Å². The minimum absolute atomic E-state index is 0.127. The molecule has 2 aromatic rings. The molecule has 1 aromatic heterocycles. The smallest absolute Gasteiger partial charge is 0.0619 e. The molecule has 0 saturated heterocycles. The Hall–Kier alpha value is -0.840. The zero-order chi connectivity index (χ0) is 14.5. The second-order valence-corrected chi connectivity index (χ2v) is 5.97. The van der Waals surface area contributed by atoms with Crippen LogP contribution < -0.4 is 5.32 Å². The van der Waals surface area contributed by atoms with Crippen molar-refractivity contribution >= 4 is 27.5 Å². The van der Waals surface area contributed by atoms with E-state index >= 15 is 0 Å². The zero-order valence-electron chi connectivity index (χ0n) is 11.7. The first-order chi connectivity index (χ1) is 9.65. The molecule has 1 unspecified atom stereocenters. The van der Waals surface area contributed by atoms with Crippen LogP contribution in [0.15, 0.2) is 35.1 Å². The summed E-state index contributed by atoms with van der Waals surface area (Å²) in [4.78, 5) is 0. The largest absolute Gasteiger partial charge is 0.306 e. The van der Waals surface area contributed by atoms with E-state index in [2.05, 4.69) is 52.5 Å². The average Bonchev–Trinajstić information content (AvgIpc) is 2.90. The molecule has 3 nitrogen and oxygen atoms in total. The Kier molecular flexibility index (Phi) is 5.64. The summed E-state index contributed by atoms with van der Waals surface area (Å²) < 4.78 is 2.96. The molecule has 0 saturated carbocycles. The number of nitrogens with one attached hydrogen (secondary N) is 1. The molecular weight excluding hydrogens is 338 g/mol. The van der Waals surface area contributed by atoms with Crippen molar-refractivity contribution in [3.05, 3.63) is 51.2 Å². The molecule has 0 radical (unpaired) electrons. The number of benzene rings is 1. The predicted octanol–water partition coefficient (Wildman–Crippen LogP) is 4.41. The van der Waals surface area contributed by atoms with E-state index in [1.807, 2.05) is 23.0 Å². The van der Waals surface area contributed by atoms with Gasteiger partial charge in [0, 0.05) is 27.8 Å². The Morgan fingerprint density at radius 2 is 2.20 bits per heavy atom. The second-order valence-electron chi connectivity index (χ2n) is 4.68. The van der Waals surface area contributed by atoms with Crippen LogP contribution in [0.1, 0.15) is 37.4 Å². The highest BCUT2D eigenvalue weighted by Crippen LogP contribution is 2.30. The maximum Gasteiger partial charge on any atom is 0.0619 e. The van der Waals surface area contributed by atoms with Crippen LogP contribution >= 0.6 is 27.5 Å². The minimum atomic E-state index is 0.127. The first-order valence-electron chi connectivity index (χ1n) is 6.86. The molecule has 2 rings (SSSR count). The molecule has 0 amide bonds. The first kappa shape index (κ1) is 15.5. The van der Waals surface area contributed by atoms with Crippen molar-refractivity contribution in [1.29, 1.82) is 0 Å². The van der Waals surface area contributed by atoms with Crippen molar-refractivity contribution < 1.29 is 0 Å². The Morgan fingerprint density at radius 1 is 1.40 bits per heavy atom. The maximum absolute atomic E-state index is 6.03. The van der Waals surface area contributed by atoms with Crippen LogP contribution in [-0.4, -0.2) is 16.3 Å². The van der Waals surface area contributed by atoms with Gasteiger partial charge in [0.25, 0.3) is 0 Å². The topological polar surface area (TPSA) is 29.9 Å². The number of hydrogen-bond acceptors (Lipinski definition) is 2. The van der Waals surface area contributed by atoms with E-state index in [9.17, 15) is 0 Å². The van der Waals surface area contributed by atoms with Crippen molar-refractivity contribution in [1.82, 2.24) is 15.1 Å². The SMILES string of the molecule is CCCNC(c1cnn(CC)c1)c1ccc(Cl)cc1Br. The summed E-state index contributed by atoms with van der Waals surface area (Å²) >= 11 is 9.64. The third-order valence-electron chi connectivity index (χ3n) is 3.18. The molecule has 0 aliphatic heterocycles. The Balaban J connectivity index is 2.35. The number of aromatic nitrogens is 2. The summed E-state index contributed by atoms with van der Waals surface area (Å²) in [5, 5.41) is 8.68. The van der Waals surface area contributed by atoms with E-state index in [1.165, 1.54) is 11.1 Å². The maximum atomic E-state index is 6.03. The van der Waals surface area contributed by atoms with Crippen LogP contribution in [-0.2, 0) is 6.54 Å². The third-order valence-corrected chi connectivity index (χ3v) is 4.10. The molecule has 0 aliphatic carbocycles. The lowest BCUT2D eigenvalue weighted by atomic mass is 10.0. The quantitative estimate of drug-likeness (QED) is 0.831. The van der Waals surface area contributed by atoms with Crippen molar-refractivity contribution in [3.8, 4) is 0 Å². The fourth-order valence-corrected chi connectivity index (χ4v) is 3.04. The van der Waals surface area contributed by atoms with Gasteiger partial charge in [-0.1, -0.05) is 40.5 Å². The molecule has 108 valence electrons.